The van der Waals surface area contributed by atoms with E-state index < -0.39 is 30.3 Å². The van der Waals surface area contributed by atoms with Gasteiger partial charge in [-0.1, -0.05) is 12.1 Å². The molecule has 3 aliphatic rings. The quantitative estimate of drug-likeness (QED) is 0.576. The Bertz CT molecular complexity index is 892. The molecule has 0 radical (unpaired) electrons. The Morgan fingerprint density at radius 3 is 2.74 bits per heavy atom. The molecule has 0 bridgehead atoms. The Balaban J connectivity index is 1.38. The molecule has 1 aromatic carbocycles. The van der Waals surface area contributed by atoms with E-state index >= 15 is 0 Å². The van der Waals surface area contributed by atoms with Crippen molar-refractivity contribution in [2.24, 2.45) is 0 Å². The Labute approximate surface area is 176 Å². The number of hydrogen-bond acceptors (Lipinski definition) is 6. The summed E-state index contributed by atoms with van der Waals surface area (Å²) in [5.41, 5.74) is 2.11. The highest BCUT2D eigenvalue weighted by molar-refractivity contribution is 6.05. The minimum atomic E-state index is -4.41. The maximum Gasteiger partial charge on any atom is 0.415 e. The summed E-state index contributed by atoms with van der Waals surface area (Å²) in [6.45, 7) is 0.860. The zero-order valence-electron chi connectivity index (χ0n) is 16.6. The second kappa shape index (κ2) is 8.56. The number of amides is 3. The summed E-state index contributed by atoms with van der Waals surface area (Å²) in [6, 6.07) is 4.57. The van der Waals surface area contributed by atoms with Gasteiger partial charge in [0.2, 0.25) is 11.8 Å². The first-order valence-corrected chi connectivity index (χ1v) is 10.1. The van der Waals surface area contributed by atoms with Crippen molar-refractivity contribution >= 4 is 17.7 Å². The molecule has 168 valence electrons. The van der Waals surface area contributed by atoms with Gasteiger partial charge in [0.15, 0.2) is 6.10 Å². The molecule has 3 atom stereocenters. The van der Waals surface area contributed by atoms with E-state index in [9.17, 15) is 27.6 Å². The summed E-state index contributed by atoms with van der Waals surface area (Å²) >= 11 is 0. The average molecular weight is 440 g/mol. The van der Waals surface area contributed by atoms with Gasteiger partial charge >= 0.3 is 6.18 Å². The predicted molar refractivity (Wildman–Crippen MR) is 102 cm³/mol. The first-order valence-electron chi connectivity index (χ1n) is 10.1. The molecule has 3 aliphatic heterocycles. The number of ether oxygens (including phenoxy) is 1. The molecule has 8 nitrogen and oxygen atoms in total. The molecule has 1 aromatic rings. The fourth-order valence-corrected chi connectivity index (χ4v) is 4.20. The van der Waals surface area contributed by atoms with Gasteiger partial charge in [-0.15, -0.1) is 0 Å². The highest BCUT2D eigenvalue weighted by Crippen LogP contribution is 2.30. The number of carbonyl (C=O) groups excluding carboxylic acids is 3. The number of piperidine rings is 1. The van der Waals surface area contributed by atoms with Crippen molar-refractivity contribution < 1.29 is 32.3 Å². The lowest BCUT2D eigenvalue weighted by atomic mass is 10.0. The van der Waals surface area contributed by atoms with Gasteiger partial charge in [0.05, 0.1) is 6.10 Å². The van der Waals surface area contributed by atoms with Crippen LogP contribution in [0.5, 0.6) is 0 Å². The van der Waals surface area contributed by atoms with Crippen LogP contribution in [0.4, 0.5) is 13.2 Å². The van der Waals surface area contributed by atoms with E-state index in [1.165, 1.54) is 4.90 Å². The van der Waals surface area contributed by atoms with E-state index in [0.29, 0.717) is 18.7 Å². The second-order valence-corrected chi connectivity index (χ2v) is 7.92. The standard InChI is InChI=1S/C20H23F3N4O4/c21-20(22,23)16-9-25-8-12(31-16)7-24-6-11-2-1-3-13-14(11)10-27(19(13)30)15-4-5-17(28)26-18(15)29/h1-3,12,15-16,24-25H,4-10H2,(H,26,28,29). The lowest BCUT2D eigenvalue weighted by molar-refractivity contribution is -0.238. The minimum Gasteiger partial charge on any atom is -0.362 e. The van der Waals surface area contributed by atoms with Crippen LogP contribution in [0.3, 0.4) is 0 Å². The Kier molecular flexibility index (Phi) is 6.00. The monoisotopic (exact) mass is 440 g/mol. The normalized spacial score (nSPS) is 26.7. The molecule has 31 heavy (non-hydrogen) atoms. The summed E-state index contributed by atoms with van der Waals surface area (Å²) in [4.78, 5) is 37.9. The molecule has 11 heteroatoms. The van der Waals surface area contributed by atoms with Crippen molar-refractivity contribution in [3.05, 3.63) is 34.9 Å². The number of imide groups is 1. The van der Waals surface area contributed by atoms with Gasteiger partial charge in [0, 0.05) is 44.7 Å². The second-order valence-electron chi connectivity index (χ2n) is 7.92. The van der Waals surface area contributed by atoms with Crippen LogP contribution in [0.25, 0.3) is 0 Å². The zero-order chi connectivity index (χ0) is 22.2. The van der Waals surface area contributed by atoms with E-state index in [2.05, 4.69) is 16.0 Å². The van der Waals surface area contributed by atoms with E-state index in [4.69, 9.17) is 4.74 Å². The number of alkyl halides is 3. The molecule has 3 amide bonds. The maximum absolute atomic E-state index is 12.9. The Morgan fingerprint density at radius 1 is 1.19 bits per heavy atom. The van der Waals surface area contributed by atoms with Crippen LogP contribution in [0.2, 0.25) is 0 Å². The molecule has 3 heterocycles. The van der Waals surface area contributed by atoms with Crippen molar-refractivity contribution in [2.45, 2.75) is 50.4 Å². The molecule has 0 spiro atoms. The molecule has 0 saturated carbocycles. The van der Waals surface area contributed by atoms with Crippen LogP contribution in [0, 0.1) is 0 Å². The van der Waals surface area contributed by atoms with Crippen LogP contribution in [-0.4, -0.2) is 66.7 Å². The number of fused-ring (bicyclic) bond motifs is 1. The fourth-order valence-electron chi connectivity index (χ4n) is 4.20. The first-order chi connectivity index (χ1) is 14.7. The Hall–Kier alpha value is -2.50. The van der Waals surface area contributed by atoms with Crippen molar-refractivity contribution in [3.63, 3.8) is 0 Å². The zero-order valence-corrected chi connectivity index (χ0v) is 16.6. The largest absolute Gasteiger partial charge is 0.415 e. The maximum atomic E-state index is 12.9. The third kappa shape index (κ3) is 4.58. The van der Waals surface area contributed by atoms with E-state index in [-0.39, 0.29) is 44.3 Å². The lowest BCUT2D eigenvalue weighted by Gasteiger charge is -2.32. The number of morpholine rings is 1. The van der Waals surface area contributed by atoms with Gasteiger partial charge in [0.1, 0.15) is 6.04 Å². The number of nitrogens with one attached hydrogen (secondary N) is 3. The third-order valence-electron chi connectivity index (χ3n) is 5.79. The number of rotatable bonds is 5. The minimum absolute atomic E-state index is 0.180. The van der Waals surface area contributed by atoms with Gasteiger partial charge in [-0.2, -0.15) is 13.2 Å². The molecule has 3 unspecified atom stereocenters. The van der Waals surface area contributed by atoms with Gasteiger partial charge in [-0.25, -0.2) is 0 Å². The fraction of sp³-hybridized carbons (Fsp3) is 0.550. The molecule has 0 aromatic heterocycles. The highest BCUT2D eigenvalue weighted by Gasteiger charge is 2.43. The van der Waals surface area contributed by atoms with Crippen LogP contribution in [0.15, 0.2) is 18.2 Å². The first kappa shape index (κ1) is 21.7. The number of hydrogen-bond donors (Lipinski definition) is 3. The summed E-state index contributed by atoms with van der Waals surface area (Å²) in [6.07, 6.45) is -6.40. The summed E-state index contributed by atoms with van der Waals surface area (Å²) in [5, 5.41) is 8.12. The molecule has 2 fully saturated rings. The summed E-state index contributed by atoms with van der Waals surface area (Å²) in [7, 11) is 0. The van der Waals surface area contributed by atoms with Crippen molar-refractivity contribution in [1.29, 1.82) is 0 Å². The van der Waals surface area contributed by atoms with Crippen LogP contribution in [-0.2, 0) is 27.4 Å². The van der Waals surface area contributed by atoms with Gasteiger partial charge in [-0.3, -0.25) is 19.7 Å². The smallest absolute Gasteiger partial charge is 0.362 e. The summed E-state index contributed by atoms with van der Waals surface area (Å²) in [5.74, 6) is -1.08. The van der Waals surface area contributed by atoms with Crippen LogP contribution in [0.1, 0.15) is 34.3 Å². The topological polar surface area (TPSA) is 99.8 Å². The Morgan fingerprint density at radius 2 is 2.00 bits per heavy atom. The average Bonchev–Trinajstić information content (AvgIpc) is 3.05. The van der Waals surface area contributed by atoms with Gasteiger partial charge in [-0.05, 0) is 23.6 Å². The third-order valence-corrected chi connectivity index (χ3v) is 5.79. The van der Waals surface area contributed by atoms with E-state index in [0.717, 1.165) is 11.1 Å². The highest BCUT2D eigenvalue weighted by atomic mass is 19.4. The van der Waals surface area contributed by atoms with E-state index in [1.807, 2.05) is 6.07 Å². The molecule has 2 saturated heterocycles. The number of halogens is 3. The molecular weight excluding hydrogens is 417 g/mol. The molecule has 4 rings (SSSR count). The van der Waals surface area contributed by atoms with Gasteiger partial charge < -0.3 is 20.3 Å². The SMILES string of the molecule is O=C1CCC(N2Cc3c(CNCC4CNCC(C(F)(F)F)O4)cccc3C2=O)C(=O)N1. The van der Waals surface area contributed by atoms with Crippen molar-refractivity contribution in [2.75, 3.05) is 19.6 Å². The number of benzene rings is 1. The summed E-state index contributed by atoms with van der Waals surface area (Å²) < 4.78 is 43.7. The van der Waals surface area contributed by atoms with Crippen molar-refractivity contribution in [3.8, 4) is 0 Å². The number of nitrogens with zero attached hydrogens (tertiary/aromatic N) is 1. The lowest BCUT2D eigenvalue weighted by Crippen LogP contribution is -2.53. The van der Waals surface area contributed by atoms with Crippen LogP contribution >= 0.6 is 0 Å². The van der Waals surface area contributed by atoms with Crippen molar-refractivity contribution in [1.82, 2.24) is 20.9 Å². The van der Waals surface area contributed by atoms with Crippen LogP contribution < -0.4 is 16.0 Å². The molecule has 0 aliphatic carbocycles. The number of carbonyl (C=O) groups is 3. The molecular formula is C20H23F3N4O4. The van der Waals surface area contributed by atoms with E-state index in [1.54, 1.807) is 12.1 Å². The molecule has 3 N–H and O–H groups in total. The predicted octanol–water partition coefficient (Wildman–Crippen LogP) is 0.457. The van der Waals surface area contributed by atoms with Gasteiger partial charge in [0.25, 0.3) is 5.91 Å².